The van der Waals surface area contributed by atoms with Crippen LogP contribution in [0, 0.1) is 12.8 Å². The second-order valence-corrected chi connectivity index (χ2v) is 7.17. The number of hydrogen-bond donors (Lipinski definition) is 1. The zero-order valence-corrected chi connectivity index (χ0v) is 15.5. The Kier molecular flexibility index (Phi) is 5.38. The van der Waals surface area contributed by atoms with E-state index in [9.17, 15) is 9.59 Å². The number of amides is 2. The summed E-state index contributed by atoms with van der Waals surface area (Å²) >= 11 is 0. The highest BCUT2D eigenvalue weighted by atomic mass is 16.2. The molecule has 1 aliphatic heterocycles. The van der Waals surface area contributed by atoms with Gasteiger partial charge in [0.1, 0.15) is 0 Å². The molecule has 26 heavy (non-hydrogen) atoms. The maximum absolute atomic E-state index is 12.6. The molecule has 1 heterocycles. The van der Waals surface area contributed by atoms with E-state index in [-0.39, 0.29) is 24.2 Å². The third-order valence-corrected chi connectivity index (χ3v) is 4.53. The molecule has 3 rings (SSSR count). The quantitative estimate of drug-likeness (QED) is 0.901. The number of rotatable bonds is 5. The fourth-order valence-electron chi connectivity index (χ4n) is 3.21. The smallest absolute Gasteiger partial charge is 0.229 e. The van der Waals surface area contributed by atoms with E-state index in [1.165, 1.54) is 0 Å². The monoisotopic (exact) mass is 351 g/mol. The van der Waals surface area contributed by atoms with Crippen molar-refractivity contribution < 1.29 is 9.59 Å². The first-order chi connectivity index (χ1) is 12.4. The van der Waals surface area contributed by atoms with Gasteiger partial charge < -0.3 is 15.1 Å². The molecule has 0 bridgehead atoms. The lowest BCUT2D eigenvalue weighted by Crippen LogP contribution is -2.28. The Labute approximate surface area is 154 Å². The molecule has 0 aromatic heterocycles. The van der Waals surface area contributed by atoms with E-state index in [2.05, 4.69) is 10.2 Å². The number of anilines is 2. The minimum Gasteiger partial charge on any atom is -0.326 e. The normalized spacial score (nSPS) is 17.0. The van der Waals surface area contributed by atoms with Crippen LogP contribution in [0.15, 0.2) is 48.5 Å². The number of carbonyl (C=O) groups is 2. The van der Waals surface area contributed by atoms with Crippen molar-refractivity contribution in [3.05, 3.63) is 59.7 Å². The van der Waals surface area contributed by atoms with Gasteiger partial charge in [-0.2, -0.15) is 0 Å². The van der Waals surface area contributed by atoms with Crippen LogP contribution in [0.3, 0.4) is 0 Å². The van der Waals surface area contributed by atoms with Gasteiger partial charge in [-0.05, 0) is 50.8 Å². The van der Waals surface area contributed by atoms with Crippen LogP contribution in [-0.2, 0) is 16.1 Å². The Bertz CT molecular complexity index is 799. The van der Waals surface area contributed by atoms with Crippen LogP contribution in [0.2, 0.25) is 0 Å². The fraction of sp³-hybridized carbons (Fsp3) is 0.333. The fourth-order valence-corrected chi connectivity index (χ4v) is 3.21. The van der Waals surface area contributed by atoms with Crippen LogP contribution < -0.4 is 10.2 Å². The number of hydrogen-bond acceptors (Lipinski definition) is 3. The van der Waals surface area contributed by atoms with E-state index >= 15 is 0 Å². The molecule has 2 aromatic carbocycles. The summed E-state index contributed by atoms with van der Waals surface area (Å²) in [4.78, 5) is 28.7. The molecule has 5 nitrogen and oxygen atoms in total. The third-order valence-electron chi connectivity index (χ3n) is 4.53. The third kappa shape index (κ3) is 4.29. The van der Waals surface area contributed by atoms with Crippen molar-refractivity contribution in [2.45, 2.75) is 19.9 Å². The molecule has 1 atom stereocenters. The van der Waals surface area contributed by atoms with E-state index < -0.39 is 0 Å². The van der Waals surface area contributed by atoms with Crippen LogP contribution in [0.5, 0.6) is 0 Å². The summed E-state index contributed by atoms with van der Waals surface area (Å²) in [6.45, 7) is 3.24. The Morgan fingerprint density at radius 3 is 2.62 bits per heavy atom. The Morgan fingerprint density at radius 1 is 1.19 bits per heavy atom. The van der Waals surface area contributed by atoms with Gasteiger partial charge in [-0.3, -0.25) is 9.59 Å². The van der Waals surface area contributed by atoms with Gasteiger partial charge in [0.05, 0.1) is 5.92 Å². The summed E-state index contributed by atoms with van der Waals surface area (Å²) in [7, 11) is 4.02. The molecule has 136 valence electrons. The maximum atomic E-state index is 12.6. The van der Waals surface area contributed by atoms with Crippen molar-refractivity contribution >= 4 is 23.2 Å². The number of nitrogens with zero attached hydrogens (tertiary/aromatic N) is 2. The van der Waals surface area contributed by atoms with Gasteiger partial charge in [0, 0.05) is 30.9 Å². The molecular weight excluding hydrogens is 326 g/mol. The van der Waals surface area contributed by atoms with Crippen molar-refractivity contribution in [1.82, 2.24) is 4.90 Å². The van der Waals surface area contributed by atoms with Gasteiger partial charge in [-0.25, -0.2) is 0 Å². The molecule has 0 aliphatic carbocycles. The van der Waals surface area contributed by atoms with E-state index in [1.54, 1.807) is 4.90 Å². The van der Waals surface area contributed by atoms with Crippen molar-refractivity contribution in [1.29, 1.82) is 0 Å². The predicted molar refractivity (Wildman–Crippen MR) is 104 cm³/mol. The topological polar surface area (TPSA) is 52.7 Å². The summed E-state index contributed by atoms with van der Waals surface area (Å²) in [6, 6.07) is 15.6. The average Bonchev–Trinajstić information content (AvgIpc) is 2.97. The molecule has 0 radical (unpaired) electrons. The molecule has 1 saturated heterocycles. The molecule has 1 N–H and O–H groups in total. The van der Waals surface area contributed by atoms with Gasteiger partial charge in [0.25, 0.3) is 0 Å². The molecule has 1 fully saturated rings. The van der Waals surface area contributed by atoms with E-state index in [1.807, 2.05) is 69.6 Å². The predicted octanol–water partition coefficient (Wildman–Crippen LogP) is 3.05. The molecule has 0 spiro atoms. The zero-order valence-electron chi connectivity index (χ0n) is 15.5. The summed E-state index contributed by atoms with van der Waals surface area (Å²) < 4.78 is 0. The molecule has 1 aliphatic rings. The molecule has 1 unspecified atom stereocenters. The Balaban J connectivity index is 1.66. The molecule has 2 aromatic rings. The van der Waals surface area contributed by atoms with Crippen LogP contribution >= 0.6 is 0 Å². The van der Waals surface area contributed by atoms with E-state index in [0.29, 0.717) is 6.54 Å². The van der Waals surface area contributed by atoms with Gasteiger partial charge in [-0.1, -0.05) is 29.8 Å². The van der Waals surface area contributed by atoms with Crippen LogP contribution in [-0.4, -0.2) is 37.4 Å². The first kappa shape index (κ1) is 18.1. The average molecular weight is 351 g/mol. The van der Waals surface area contributed by atoms with Gasteiger partial charge >= 0.3 is 0 Å². The van der Waals surface area contributed by atoms with Crippen molar-refractivity contribution in [2.75, 3.05) is 30.9 Å². The maximum Gasteiger partial charge on any atom is 0.229 e. The second kappa shape index (κ2) is 7.70. The second-order valence-electron chi connectivity index (χ2n) is 7.17. The summed E-state index contributed by atoms with van der Waals surface area (Å²) in [5, 5.41) is 2.96. The van der Waals surface area contributed by atoms with Gasteiger partial charge in [0.15, 0.2) is 0 Å². The standard InChI is InChI=1S/C21H25N3O2/c1-15-7-9-19(10-8-15)24-14-17(12-20(24)25)21(26)22-18-6-4-5-16(11-18)13-23(2)3/h4-11,17H,12-14H2,1-3H3,(H,22,26). The lowest BCUT2D eigenvalue weighted by atomic mass is 10.1. The SMILES string of the molecule is Cc1ccc(N2CC(C(=O)Nc3cccc(CN(C)C)c3)CC2=O)cc1. The minimum atomic E-state index is -0.332. The highest BCUT2D eigenvalue weighted by Gasteiger charge is 2.35. The number of carbonyl (C=O) groups excluding carboxylic acids is 2. The van der Waals surface area contributed by atoms with Crippen LogP contribution in [0.1, 0.15) is 17.5 Å². The molecule has 5 heteroatoms. The first-order valence-corrected chi connectivity index (χ1v) is 8.84. The zero-order chi connectivity index (χ0) is 18.7. The minimum absolute atomic E-state index is 0.00429. The van der Waals surface area contributed by atoms with Crippen LogP contribution in [0.4, 0.5) is 11.4 Å². The van der Waals surface area contributed by atoms with Crippen molar-refractivity contribution in [3.8, 4) is 0 Å². The molecule has 2 amide bonds. The summed E-state index contributed by atoms with van der Waals surface area (Å²) in [6.07, 6.45) is 0.247. The number of nitrogens with one attached hydrogen (secondary N) is 1. The van der Waals surface area contributed by atoms with Gasteiger partial charge in [0.2, 0.25) is 11.8 Å². The highest BCUT2D eigenvalue weighted by Crippen LogP contribution is 2.26. The van der Waals surface area contributed by atoms with Crippen LogP contribution in [0.25, 0.3) is 0 Å². The lowest BCUT2D eigenvalue weighted by molar-refractivity contribution is -0.122. The highest BCUT2D eigenvalue weighted by molar-refractivity contribution is 6.03. The largest absolute Gasteiger partial charge is 0.326 e. The first-order valence-electron chi connectivity index (χ1n) is 8.84. The van der Waals surface area contributed by atoms with Gasteiger partial charge in [-0.15, -0.1) is 0 Å². The lowest BCUT2D eigenvalue weighted by Gasteiger charge is -2.17. The molecule has 0 saturated carbocycles. The van der Waals surface area contributed by atoms with E-state index in [4.69, 9.17) is 0 Å². The molecular formula is C21H25N3O2. The Hall–Kier alpha value is -2.66. The van der Waals surface area contributed by atoms with E-state index in [0.717, 1.165) is 29.0 Å². The number of benzene rings is 2. The summed E-state index contributed by atoms with van der Waals surface area (Å²) in [5.41, 5.74) is 3.91. The summed E-state index contributed by atoms with van der Waals surface area (Å²) in [5.74, 6) is -0.438. The Morgan fingerprint density at radius 2 is 1.92 bits per heavy atom. The van der Waals surface area contributed by atoms with Crippen molar-refractivity contribution in [2.24, 2.45) is 5.92 Å². The number of aryl methyl sites for hydroxylation is 1. The van der Waals surface area contributed by atoms with Crippen molar-refractivity contribution in [3.63, 3.8) is 0 Å².